The molecule has 2 aromatic carbocycles. The number of hydrogen-bond donors (Lipinski definition) is 1. The molecule has 0 fully saturated rings. The van der Waals surface area contributed by atoms with Gasteiger partial charge in [-0.15, -0.1) is 0 Å². The van der Waals surface area contributed by atoms with Crippen molar-refractivity contribution in [2.24, 2.45) is 0 Å². The van der Waals surface area contributed by atoms with E-state index in [2.05, 4.69) is 5.32 Å². The Morgan fingerprint density at radius 3 is 2.64 bits per heavy atom. The number of ether oxygens (including phenoxy) is 1. The number of halogens is 1. The van der Waals surface area contributed by atoms with E-state index in [9.17, 15) is 4.79 Å². The van der Waals surface area contributed by atoms with Gasteiger partial charge in [-0.3, -0.25) is 4.79 Å². The standard InChI is InChI=1S/C18H20ClNO2/c1-4-16(22-17-8-6-5-7-14(17)19)18(21)20-15-11-12(2)9-10-13(15)3/h5-11,16H,4H2,1-3H3,(H,20,21). The predicted molar refractivity (Wildman–Crippen MR) is 90.7 cm³/mol. The van der Waals surface area contributed by atoms with Gasteiger partial charge in [0.05, 0.1) is 5.02 Å². The molecule has 0 heterocycles. The van der Waals surface area contributed by atoms with Crippen LogP contribution < -0.4 is 10.1 Å². The molecule has 2 rings (SSSR count). The lowest BCUT2D eigenvalue weighted by molar-refractivity contribution is -0.122. The van der Waals surface area contributed by atoms with Crippen molar-refractivity contribution in [3.8, 4) is 5.75 Å². The van der Waals surface area contributed by atoms with E-state index in [1.165, 1.54) is 0 Å². The molecule has 0 saturated heterocycles. The van der Waals surface area contributed by atoms with Gasteiger partial charge in [0, 0.05) is 5.69 Å². The first-order valence-corrected chi connectivity index (χ1v) is 7.68. The molecule has 0 radical (unpaired) electrons. The fourth-order valence-corrected chi connectivity index (χ4v) is 2.28. The second-order valence-electron chi connectivity index (χ2n) is 5.25. The summed E-state index contributed by atoms with van der Waals surface area (Å²) in [5, 5.41) is 3.44. The Balaban J connectivity index is 2.12. The van der Waals surface area contributed by atoms with Crippen LogP contribution in [-0.4, -0.2) is 12.0 Å². The van der Waals surface area contributed by atoms with E-state index in [-0.39, 0.29) is 5.91 Å². The molecule has 0 saturated carbocycles. The van der Waals surface area contributed by atoms with E-state index in [1.807, 2.05) is 51.1 Å². The van der Waals surface area contributed by atoms with Gasteiger partial charge in [0.1, 0.15) is 5.75 Å². The average molecular weight is 318 g/mol. The fraction of sp³-hybridized carbons (Fsp3) is 0.278. The van der Waals surface area contributed by atoms with Gasteiger partial charge in [0.25, 0.3) is 5.91 Å². The SMILES string of the molecule is CCC(Oc1ccccc1Cl)C(=O)Nc1cc(C)ccc1C. The van der Waals surface area contributed by atoms with Gasteiger partial charge in [-0.2, -0.15) is 0 Å². The average Bonchev–Trinajstić information content (AvgIpc) is 2.50. The van der Waals surface area contributed by atoms with Crippen LogP contribution in [0.3, 0.4) is 0 Å². The van der Waals surface area contributed by atoms with Crippen molar-refractivity contribution in [3.05, 3.63) is 58.6 Å². The van der Waals surface area contributed by atoms with Crippen LogP contribution in [0.25, 0.3) is 0 Å². The fourth-order valence-electron chi connectivity index (χ4n) is 2.10. The Kier molecular flexibility index (Phi) is 5.45. The molecule has 0 bridgehead atoms. The first-order chi connectivity index (χ1) is 10.5. The molecule has 4 heteroatoms. The number of nitrogens with one attached hydrogen (secondary N) is 1. The number of carbonyl (C=O) groups excluding carboxylic acids is 1. The summed E-state index contributed by atoms with van der Waals surface area (Å²) in [5.74, 6) is 0.350. The minimum atomic E-state index is -0.584. The third kappa shape index (κ3) is 4.01. The number of benzene rings is 2. The summed E-state index contributed by atoms with van der Waals surface area (Å²) in [7, 11) is 0. The van der Waals surface area contributed by atoms with Gasteiger partial charge in [-0.25, -0.2) is 0 Å². The lowest BCUT2D eigenvalue weighted by Crippen LogP contribution is -2.32. The summed E-state index contributed by atoms with van der Waals surface area (Å²) in [6, 6.07) is 13.1. The third-order valence-corrected chi connectivity index (χ3v) is 3.73. The van der Waals surface area contributed by atoms with E-state index in [0.29, 0.717) is 17.2 Å². The van der Waals surface area contributed by atoms with Crippen molar-refractivity contribution in [1.82, 2.24) is 0 Å². The molecule has 0 spiro atoms. The Bertz CT molecular complexity index is 670. The zero-order valence-electron chi connectivity index (χ0n) is 13.0. The summed E-state index contributed by atoms with van der Waals surface area (Å²) in [6.45, 7) is 5.86. The topological polar surface area (TPSA) is 38.3 Å². The lowest BCUT2D eigenvalue weighted by Gasteiger charge is -2.19. The summed E-state index contributed by atoms with van der Waals surface area (Å²) in [6.07, 6.45) is -0.0260. The lowest BCUT2D eigenvalue weighted by atomic mass is 10.1. The van der Waals surface area contributed by atoms with Crippen molar-refractivity contribution < 1.29 is 9.53 Å². The molecule has 0 aliphatic rings. The highest BCUT2D eigenvalue weighted by Crippen LogP contribution is 2.25. The highest BCUT2D eigenvalue weighted by Gasteiger charge is 2.20. The van der Waals surface area contributed by atoms with Gasteiger partial charge in [0.15, 0.2) is 6.10 Å². The van der Waals surface area contributed by atoms with Gasteiger partial charge in [-0.05, 0) is 49.6 Å². The summed E-state index contributed by atoms with van der Waals surface area (Å²) in [5.41, 5.74) is 2.93. The minimum Gasteiger partial charge on any atom is -0.479 e. The number of anilines is 1. The third-order valence-electron chi connectivity index (χ3n) is 3.42. The molecule has 1 amide bonds. The molecule has 3 nitrogen and oxygen atoms in total. The van der Waals surface area contributed by atoms with Gasteiger partial charge < -0.3 is 10.1 Å². The summed E-state index contributed by atoms with van der Waals surface area (Å²) < 4.78 is 5.75. The van der Waals surface area contributed by atoms with E-state index < -0.39 is 6.10 Å². The van der Waals surface area contributed by atoms with Crippen molar-refractivity contribution in [2.45, 2.75) is 33.3 Å². The van der Waals surface area contributed by atoms with Gasteiger partial charge in [-0.1, -0.05) is 42.8 Å². The number of hydrogen-bond acceptors (Lipinski definition) is 2. The van der Waals surface area contributed by atoms with E-state index in [0.717, 1.165) is 16.8 Å². The second-order valence-corrected chi connectivity index (χ2v) is 5.66. The van der Waals surface area contributed by atoms with Crippen LogP contribution in [0.2, 0.25) is 5.02 Å². The minimum absolute atomic E-state index is 0.170. The highest BCUT2D eigenvalue weighted by molar-refractivity contribution is 6.32. The van der Waals surface area contributed by atoms with Crippen molar-refractivity contribution in [2.75, 3.05) is 5.32 Å². The maximum Gasteiger partial charge on any atom is 0.265 e. The van der Waals surface area contributed by atoms with Crippen molar-refractivity contribution in [1.29, 1.82) is 0 Å². The zero-order valence-corrected chi connectivity index (χ0v) is 13.8. The number of aryl methyl sites for hydroxylation is 2. The molecule has 22 heavy (non-hydrogen) atoms. The smallest absolute Gasteiger partial charge is 0.265 e. The molecular weight excluding hydrogens is 298 g/mol. The van der Waals surface area contributed by atoms with Crippen LogP contribution in [0, 0.1) is 13.8 Å². The molecule has 1 unspecified atom stereocenters. The van der Waals surface area contributed by atoms with Crippen molar-refractivity contribution in [3.63, 3.8) is 0 Å². The maximum atomic E-state index is 12.4. The molecular formula is C18H20ClNO2. The number of rotatable bonds is 5. The van der Waals surface area contributed by atoms with Crippen LogP contribution in [0.1, 0.15) is 24.5 Å². The quantitative estimate of drug-likeness (QED) is 0.864. The monoisotopic (exact) mass is 317 g/mol. The molecule has 116 valence electrons. The molecule has 0 aliphatic heterocycles. The Hall–Kier alpha value is -2.00. The predicted octanol–water partition coefficient (Wildman–Crippen LogP) is 4.75. The van der Waals surface area contributed by atoms with E-state index in [1.54, 1.807) is 12.1 Å². The molecule has 2 aromatic rings. The number of para-hydroxylation sites is 1. The summed E-state index contributed by atoms with van der Waals surface area (Å²) in [4.78, 5) is 12.4. The largest absolute Gasteiger partial charge is 0.479 e. The zero-order chi connectivity index (χ0) is 16.1. The Labute approximate surface area is 136 Å². The maximum absolute atomic E-state index is 12.4. The highest BCUT2D eigenvalue weighted by atomic mass is 35.5. The van der Waals surface area contributed by atoms with E-state index >= 15 is 0 Å². The molecule has 0 aliphatic carbocycles. The van der Waals surface area contributed by atoms with Crippen LogP contribution >= 0.6 is 11.6 Å². The number of amides is 1. The normalized spacial score (nSPS) is 11.8. The number of carbonyl (C=O) groups is 1. The second kappa shape index (κ2) is 7.32. The first-order valence-electron chi connectivity index (χ1n) is 7.30. The van der Waals surface area contributed by atoms with Gasteiger partial charge in [0.2, 0.25) is 0 Å². The summed E-state index contributed by atoms with van der Waals surface area (Å²) >= 11 is 6.08. The first kappa shape index (κ1) is 16.4. The van der Waals surface area contributed by atoms with Crippen LogP contribution in [0.4, 0.5) is 5.69 Å². The molecule has 0 aromatic heterocycles. The van der Waals surface area contributed by atoms with Crippen LogP contribution in [0.15, 0.2) is 42.5 Å². The molecule has 1 N–H and O–H groups in total. The van der Waals surface area contributed by atoms with Crippen LogP contribution in [-0.2, 0) is 4.79 Å². The van der Waals surface area contributed by atoms with Gasteiger partial charge >= 0.3 is 0 Å². The Morgan fingerprint density at radius 2 is 1.95 bits per heavy atom. The van der Waals surface area contributed by atoms with Crippen LogP contribution in [0.5, 0.6) is 5.75 Å². The van der Waals surface area contributed by atoms with Crippen molar-refractivity contribution >= 4 is 23.2 Å². The van der Waals surface area contributed by atoms with E-state index in [4.69, 9.17) is 16.3 Å². The Morgan fingerprint density at radius 1 is 1.23 bits per heavy atom. The molecule has 1 atom stereocenters.